The molecule has 36 heavy (non-hydrogen) atoms. The quantitative estimate of drug-likeness (QED) is 0.462. The Morgan fingerprint density at radius 1 is 1.14 bits per heavy atom. The topological polar surface area (TPSA) is 84.0 Å². The smallest absolute Gasteiger partial charge is 0.321 e. The zero-order valence-electron chi connectivity index (χ0n) is 19.0. The molecule has 1 saturated heterocycles. The highest BCUT2D eigenvalue weighted by Crippen LogP contribution is 2.47. The van der Waals surface area contributed by atoms with Crippen LogP contribution in [0, 0.1) is 23.0 Å². The summed E-state index contributed by atoms with van der Waals surface area (Å²) in [5.41, 5.74) is -0.547. The first-order valence-electron chi connectivity index (χ1n) is 11.5. The molecule has 1 saturated carbocycles. The van der Waals surface area contributed by atoms with Crippen molar-refractivity contribution in [2.24, 2.45) is 0 Å². The van der Waals surface area contributed by atoms with Gasteiger partial charge in [-0.15, -0.1) is 0 Å². The summed E-state index contributed by atoms with van der Waals surface area (Å²) < 4.78 is 60.0. The van der Waals surface area contributed by atoms with E-state index in [0.717, 1.165) is 24.4 Å². The lowest BCUT2D eigenvalue weighted by Crippen LogP contribution is -2.39. The fourth-order valence-electron chi connectivity index (χ4n) is 4.32. The number of nitrogens with zero attached hydrogens (tertiary/aromatic N) is 5. The third kappa shape index (κ3) is 4.51. The Labute approximate surface area is 203 Å². The maximum absolute atomic E-state index is 14.0. The van der Waals surface area contributed by atoms with Crippen LogP contribution in [0.2, 0.25) is 0 Å². The van der Waals surface area contributed by atoms with E-state index in [0.29, 0.717) is 60.5 Å². The van der Waals surface area contributed by atoms with Crippen LogP contribution in [0.1, 0.15) is 37.9 Å². The van der Waals surface area contributed by atoms with Crippen molar-refractivity contribution in [3.63, 3.8) is 0 Å². The Bertz CT molecular complexity index is 1390. The molecule has 186 valence electrons. The zero-order valence-corrected chi connectivity index (χ0v) is 19.0. The number of hydrogen-bond donors (Lipinski definition) is 0. The SMILES string of the molecule is N#CC1(c2cnc(N3CCC(Oc4ccc(F)cc4F)CC3)c(-c3ccc(=O)n(C(F)F)c3)n2)CC1. The van der Waals surface area contributed by atoms with Gasteiger partial charge in [0.1, 0.15) is 23.0 Å². The second kappa shape index (κ2) is 9.26. The lowest BCUT2D eigenvalue weighted by molar-refractivity contribution is 0.0665. The van der Waals surface area contributed by atoms with Crippen LogP contribution in [-0.4, -0.2) is 33.7 Å². The Morgan fingerprint density at radius 2 is 1.89 bits per heavy atom. The average molecular weight is 499 g/mol. The molecule has 2 aromatic heterocycles. The number of aromatic nitrogens is 3. The number of anilines is 1. The zero-order chi connectivity index (χ0) is 25.4. The van der Waals surface area contributed by atoms with Gasteiger partial charge in [0.05, 0.1) is 18.0 Å². The first kappa shape index (κ1) is 23.8. The number of hydrogen-bond acceptors (Lipinski definition) is 6. The van der Waals surface area contributed by atoms with E-state index in [9.17, 15) is 27.6 Å². The molecule has 5 rings (SSSR count). The molecule has 1 aliphatic heterocycles. The van der Waals surface area contributed by atoms with Crippen LogP contribution < -0.4 is 15.2 Å². The van der Waals surface area contributed by atoms with Crippen molar-refractivity contribution in [1.82, 2.24) is 14.5 Å². The molecule has 2 fully saturated rings. The van der Waals surface area contributed by atoms with Crippen molar-refractivity contribution in [2.75, 3.05) is 18.0 Å². The lowest BCUT2D eigenvalue weighted by atomic mass is 10.0. The highest BCUT2D eigenvalue weighted by molar-refractivity contribution is 5.72. The summed E-state index contributed by atoms with van der Waals surface area (Å²) in [5.74, 6) is -1.06. The number of nitriles is 1. The number of piperidine rings is 1. The van der Waals surface area contributed by atoms with Crippen LogP contribution in [0.5, 0.6) is 5.75 Å². The van der Waals surface area contributed by atoms with Crippen LogP contribution >= 0.6 is 0 Å². The van der Waals surface area contributed by atoms with E-state index in [1.54, 1.807) is 0 Å². The second-order valence-corrected chi connectivity index (χ2v) is 8.94. The van der Waals surface area contributed by atoms with Gasteiger partial charge in [0.2, 0.25) is 0 Å². The van der Waals surface area contributed by atoms with Crippen molar-refractivity contribution in [3.05, 3.63) is 70.4 Å². The molecule has 0 unspecified atom stereocenters. The average Bonchev–Trinajstić information content (AvgIpc) is 3.67. The molecular formula is C25H21F4N5O2. The van der Waals surface area contributed by atoms with Gasteiger partial charge in [-0.05, 0) is 31.0 Å². The van der Waals surface area contributed by atoms with E-state index in [1.807, 2.05) is 4.90 Å². The van der Waals surface area contributed by atoms with Crippen molar-refractivity contribution in [1.29, 1.82) is 5.26 Å². The van der Waals surface area contributed by atoms with Gasteiger partial charge in [0.25, 0.3) is 5.56 Å². The monoisotopic (exact) mass is 499 g/mol. The van der Waals surface area contributed by atoms with E-state index >= 15 is 0 Å². The van der Waals surface area contributed by atoms with Crippen LogP contribution in [-0.2, 0) is 5.41 Å². The standard InChI is InChI=1S/C25H21F4N5O2/c26-16-2-3-19(18(27)11-16)36-17-5-9-33(10-6-17)23-22(15-1-4-21(35)34(13-15)24(28)29)32-20(12-31-23)25(14-30)7-8-25/h1-4,11-13,17,24H,5-10H2. The third-order valence-corrected chi connectivity index (χ3v) is 6.56. The number of ether oxygens (including phenoxy) is 1. The van der Waals surface area contributed by atoms with Crippen molar-refractivity contribution in [2.45, 2.75) is 43.8 Å². The van der Waals surface area contributed by atoms with Gasteiger partial charge in [-0.25, -0.2) is 18.7 Å². The maximum Gasteiger partial charge on any atom is 0.321 e. The van der Waals surface area contributed by atoms with Crippen LogP contribution in [0.3, 0.4) is 0 Å². The molecule has 1 aromatic carbocycles. The Balaban J connectivity index is 1.43. The summed E-state index contributed by atoms with van der Waals surface area (Å²) in [6.07, 6.45) is 4.53. The molecule has 0 amide bonds. The number of alkyl halides is 2. The molecule has 0 radical (unpaired) electrons. The summed E-state index contributed by atoms with van der Waals surface area (Å²) in [5, 5.41) is 9.59. The van der Waals surface area contributed by atoms with Crippen molar-refractivity contribution in [3.8, 4) is 23.1 Å². The van der Waals surface area contributed by atoms with Gasteiger partial charge < -0.3 is 9.64 Å². The van der Waals surface area contributed by atoms with E-state index in [4.69, 9.17) is 4.74 Å². The van der Waals surface area contributed by atoms with Gasteiger partial charge in [0.15, 0.2) is 17.4 Å². The minimum absolute atomic E-state index is 0.0276. The molecule has 0 N–H and O–H groups in total. The summed E-state index contributed by atoms with van der Waals surface area (Å²) in [4.78, 5) is 23.0. The number of halogens is 4. The first-order valence-corrected chi connectivity index (χ1v) is 11.5. The molecular weight excluding hydrogens is 478 g/mol. The molecule has 0 spiro atoms. The van der Waals surface area contributed by atoms with E-state index in [1.165, 1.54) is 18.3 Å². The lowest BCUT2D eigenvalue weighted by Gasteiger charge is -2.34. The molecule has 11 heteroatoms. The molecule has 7 nitrogen and oxygen atoms in total. The van der Waals surface area contributed by atoms with Crippen molar-refractivity contribution >= 4 is 5.82 Å². The van der Waals surface area contributed by atoms with Gasteiger partial charge in [0, 0.05) is 49.8 Å². The Morgan fingerprint density at radius 3 is 2.53 bits per heavy atom. The van der Waals surface area contributed by atoms with Gasteiger partial charge in [-0.1, -0.05) is 0 Å². The number of rotatable bonds is 6. The van der Waals surface area contributed by atoms with Crippen LogP contribution in [0.4, 0.5) is 23.4 Å². The number of benzene rings is 1. The van der Waals surface area contributed by atoms with E-state index < -0.39 is 29.2 Å². The minimum atomic E-state index is -3.02. The molecule has 3 heterocycles. The highest BCUT2D eigenvalue weighted by atomic mass is 19.3. The number of pyridine rings is 1. The van der Waals surface area contributed by atoms with E-state index in [-0.39, 0.29) is 17.4 Å². The van der Waals surface area contributed by atoms with Crippen molar-refractivity contribution < 1.29 is 22.3 Å². The summed E-state index contributed by atoms with van der Waals surface area (Å²) in [6.45, 7) is -2.12. The predicted octanol–water partition coefficient (Wildman–Crippen LogP) is 4.58. The van der Waals surface area contributed by atoms with E-state index in [2.05, 4.69) is 16.0 Å². The highest BCUT2D eigenvalue weighted by Gasteiger charge is 2.47. The van der Waals surface area contributed by atoms with Gasteiger partial charge in [-0.3, -0.25) is 9.36 Å². The normalized spacial score (nSPS) is 17.2. The van der Waals surface area contributed by atoms with Crippen LogP contribution in [0.25, 0.3) is 11.3 Å². The maximum atomic E-state index is 14.0. The summed E-state index contributed by atoms with van der Waals surface area (Å²) in [7, 11) is 0. The Hall–Kier alpha value is -3.94. The molecule has 0 bridgehead atoms. The molecule has 0 atom stereocenters. The Kier molecular flexibility index (Phi) is 6.12. The summed E-state index contributed by atoms with van der Waals surface area (Å²) in [6, 6.07) is 7.87. The van der Waals surface area contributed by atoms with Gasteiger partial charge in [-0.2, -0.15) is 14.0 Å². The first-order chi connectivity index (χ1) is 17.3. The summed E-state index contributed by atoms with van der Waals surface area (Å²) >= 11 is 0. The predicted molar refractivity (Wildman–Crippen MR) is 122 cm³/mol. The minimum Gasteiger partial charge on any atom is -0.487 e. The third-order valence-electron chi connectivity index (χ3n) is 6.56. The van der Waals surface area contributed by atoms with Crippen LogP contribution in [0.15, 0.2) is 47.5 Å². The fourth-order valence-corrected chi connectivity index (χ4v) is 4.32. The second-order valence-electron chi connectivity index (χ2n) is 8.94. The fraction of sp³-hybridized carbons (Fsp3) is 0.360. The largest absolute Gasteiger partial charge is 0.487 e. The van der Waals surface area contributed by atoms with Gasteiger partial charge >= 0.3 is 6.55 Å². The molecule has 3 aromatic rings. The molecule has 2 aliphatic rings. The molecule has 1 aliphatic carbocycles.